The number of anilines is 1. The van der Waals surface area contributed by atoms with Gasteiger partial charge in [0.2, 0.25) is 5.91 Å². The number of carbonyl (C=O) groups excluding carboxylic acids is 1. The van der Waals surface area contributed by atoms with Gasteiger partial charge in [-0.15, -0.1) is 0 Å². The molecule has 1 amide bonds. The van der Waals surface area contributed by atoms with E-state index in [1.165, 1.54) is 6.07 Å². The number of fused-ring (bicyclic) bond motifs is 2. The molecule has 4 heterocycles. The van der Waals surface area contributed by atoms with Crippen molar-refractivity contribution in [1.82, 2.24) is 15.0 Å². The van der Waals surface area contributed by atoms with Crippen molar-refractivity contribution < 1.29 is 9.18 Å². The van der Waals surface area contributed by atoms with Crippen LogP contribution in [0, 0.1) is 5.82 Å². The van der Waals surface area contributed by atoms with Crippen LogP contribution in [-0.2, 0) is 4.79 Å². The van der Waals surface area contributed by atoms with Crippen molar-refractivity contribution in [3.63, 3.8) is 0 Å². The fourth-order valence-corrected chi connectivity index (χ4v) is 4.76. The second-order valence-electron chi connectivity index (χ2n) is 9.10. The Morgan fingerprint density at radius 2 is 1.78 bits per heavy atom. The minimum Gasteiger partial charge on any atom is -0.353 e. The molecule has 2 N–H and O–H groups in total. The summed E-state index contributed by atoms with van der Waals surface area (Å²) in [5.41, 5.74) is 8.17. The molecule has 6 rings (SSSR count). The van der Waals surface area contributed by atoms with E-state index in [2.05, 4.69) is 27.4 Å². The Morgan fingerprint density at radius 3 is 2.57 bits per heavy atom. The molecule has 0 saturated carbocycles. The smallest absolute Gasteiger partial charge is 0.225 e. The number of nitrogens with zero attached hydrogens (tertiary/aromatic N) is 3. The first kappa shape index (κ1) is 22.8. The SMILES string of the molecule is CCC(=O)Nc1ccc(-c2cnc3c(c2)C(c2cc4c(-c5cccc(F)c5)cccc4[nH]2)=N[C@H]3C)cn1. The number of H-pyrrole nitrogens is 1. The van der Waals surface area contributed by atoms with Crippen LogP contribution < -0.4 is 5.32 Å². The lowest BCUT2D eigenvalue weighted by Crippen LogP contribution is -2.10. The zero-order chi connectivity index (χ0) is 25.5. The van der Waals surface area contributed by atoms with E-state index in [0.717, 1.165) is 55.8 Å². The fraction of sp³-hybridized carbons (Fsp3) is 0.133. The Morgan fingerprint density at radius 1 is 0.946 bits per heavy atom. The maximum atomic E-state index is 13.9. The number of benzene rings is 2. The van der Waals surface area contributed by atoms with Crippen molar-refractivity contribution in [2.24, 2.45) is 4.99 Å². The molecule has 0 aliphatic carbocycles. The van der Waals surface area contributed by atoms with Crippen molar-refractivity contribution in [2.45, 2.75) is 26.3 Å². The molecule has 1 atom stereocenters. The molecule has 1 aliphatic rings. The zero-order valence-electron chi connectivity index (χ0n) is 20.4. The molecule has 182 valence electrons. The van der Waals surface area contributed by atoms with Crippen LogP contribution in [0.25, 0.3) is 33.2 Å². The summed E-state index contributed by atoms with van der Waals surface area (Å²) in [4.78, 5) is 29.2. The van der Waals surface area contributed by atoms with Crippen molar-refractivity contribution in [1.29, 1.82) is 0 Å². The number of aliphatic imine (C=N–C) groups is 1. The highest BCUT2D eigenvalue weighted by molar-refractivity contribution is 6.17. The Labute approximate surface area is 213 Å². The first-order valence-electron chi connectivity index (χ1n) is 12.2. The minimum atomic E-state index is -0.262. The van der Waals surface area contributed by atoms with E-state index in [4.69, 9.17) is 9.98 Å². The molecule has 0 bridgehead atoms. The van der Waals surface area contributed by atoms with E-state index in [0.29, 0.717) is 12.2 Å². The van der Waals surface area contributed by atoms with Crippen molar-refractivity contribution in [2.75, 3.05) is 5.32 Å². The second-order valence-corrected chi connectivity index (χ2v) is 9.10. The minimum absolute atomic E-state index is 0.0714. The van der Waals surface area contributed by atoms with Gasteiger partial charge in [-0.25, -0.2) is 9.37 Å². The van der Waals surface area contributed by atoms with E-state index in [9.17, 15) is 9.18 Å². The third kappa shape index (κ3) is 4.18. The first-order valence-corrected chi connectivity index (χ1v) is 12.2. The molecule has 0 saturated heterocycles. The van der Waals surface area contributed by atoms with Crippen molar-refractivity contribution >= 4 is 28.3 Å². The number of hydrogen-bond acceptors (Lipinski definition) is 4. The van der Waals surface area contributed by atoms with Crippen LogP contribution in [0.5, 0.6) is 0 Å². The molecule has 3 aromatic heterocycles. The predicted molar refractivity (Wildman–Crippen MR) is 144 cm³/mol. The van der Waals surface area contributed by atoms with Crippen LogP contribution in [-0.4, -0.2) is 26.6 Å². The number of hydrogen-bond donors (Lipinski definition) is 2. The van der Waals surface area contributed by atoms with Gasteiger partial charge in [0.05, 0.1) is 23.1 Å². The summed E-state index contributed by atoms with van der Waals surface area (Å²) >= 11 is 0. The summed E-state index contributed by atoms with van der Waals surface area (Å²) in [5, 5.41) is 3.77. The van der Waals surface area contributed by atoms with Crippen molar-refractivity contribution in [3.05, 3.63) is 102 Å². The number of nitrogens with one attached hydrogen (secondary N) is 2. The van der Waals surface area contributed by atoms with Crippen LogP contribution in [0.3, 0.4) is 0 Å². The average Bonchev–Trinajstić information content (AvgIpc) is 3.49. The van der Waals surface area contributed by atoms with Gasteiger partial charge in [-0.1, -0.05) is 31.2 Å². The predicted octanol–water partition coefficient (Wildman–Crippen LogP) is 6.69. The summed E-state index contributed by atoms with van der Waals surface area (Å²) < 4.78 is 13.9. The van der Waals surface area contributed by atoms with E-state index in [-0.39, 0.29) is 17.8 Å². The van der Waals surface area contributed by atoms with Crippen LogP contribution in [0.15, 0.2) is 84.1 Å². The molecule has 0 fully saturated rings. The van der Waals surface area contributed by atoms with E-state index in [1.54, 1.807) is 31.3 Å². The largest absolute Gasteiger partial charge is 0.353 e. The number of halogens is 1. The third-order valence-electron chi connectivity index (χ3n) is 6.63. The molecule has 0 unspecified atom stereocenters. The molecule has 1 aliphatic heterocycles. The molecular formula is C30H24FN5O. The van der Waals surface area contributed by atoms with E-state index in [1.807, 2.05) is 43.5 Å². The van der Waals surface area contributed by atoms with Gasteiger partial charge in [0.25, 0.3) is 0 Å². The van der Waals surface area contributed by atoms with Crippen LogP contribution in [0.2, 0.25) is 0 Å². The maximum absolute atomic E-state index is 13.9. The van der Waals surface area contributed by atoms with E-state index < -0.39 is 0 Å². The number of aromatic amines is 1. The zero-order valence-corrected chi connectivity index (χ0v) is 20.4. The molecule has 2 aromatic carbocycles. The first-order chi connectivity index (χ1) is 18.0. The number of pyridine rings is 2. The van der Waals surface area contributed by atoms with Gasteiger partial charge in [-0.2, -0.15) is 0 Å². The van der Waals surface area contributed by atoms with Gasteiger partial charge in [0.15, 0.2) is 0 Å². The number of aromatic nitrogens is 3. The molecule has 6 nitrogen and oxygen atoms in total. The summed E-state index contributed by atoms with van der Waals surface area (Å²) in [7, 11) is 0. The van der Waals surface area contributed by atoms with Crippen LogP contribution in [0.4, 0.5) is 10.2 Å². The third-order valence-corrected chi connectivity index (χ3v) is 6.63. The Kier molecular flexibility index (Phi) is 5.60. The topological polar surface area (TPSA) is 83.0 Å². The van der Waals surface area contributed by atoms with E-state index >= 15 is 0 Å². The Bertz CT molecular complexity index is 1690. The number of rotatable bonds is 5. The summed E-state index contributed by atoms with van der Waals surface area (Å²) in [6.45, 7) is 3.83. The molecular weight excluding hydrogens is 465 g/mol. The number of carbonyl (C=O) groups is 1. The van der Waals surface area contributed by atoms with Gasteiger partial charge in [0, 0.05) is 46.4 Å². The van der Waals surface area contributed by atoms with Gasteiger partial charge >= 0.3 is 0 Å². The Balaban J connectivity index is 1.38. The number of amides is 1. The molecule has 0 radical (unpaired) electrons. The molecule has 37 heavy (non-hydrogen) atoms. The van der Waals surface area contributed by atoms with Gasteiger partial charge in [0.1, 0.15) is 11.6 Å². The van der Waals surface area contributed by atoms with Gasteiger partial charge in [-0.05, 0) is 60.5 Å². The second kappa shape index (κ2) is 9.09. The highest BCUT2D eigenvalue weighted by Crippen LogP contribution is 2.35. The summed E-state index contributed by atoms with van der Waals surface area (Å²) in [5.74, 6) is 0.183. The lowest BCUT2D eigenvalue weighted by molar-refractivity contribution is -0.115. The summed E-state index contributed by atoms with van der Waals surface area (Å²) in [6.07, 6.45) is 3.97. The van der Waals surface area contributed by atoms with Gasteiger partial charge in [-0.3, -0.25) is 14.8 Å². The summed E-state index contributed by atoms with van der Waals surface area (Å²) in [6, 6.07) is 20.4. The normalized spacial score (nSPS) is 14.5. The lowest BCUT2D eigenvalue weighted by Gasteiger charge is -2.08. The Hall–Kier alpha value is -4.65. The lowest BCUT2D eigenvalue weighted by atomic mass is 9.99. The van der Waals surface area contributed by atoms with Gasteiger partial charge < -0.3 is 10.3 Å². The van der Waals surface area contributed by atoms with Crippen LogP contribution in [0.1, 0.15) is 43.3 Å². The molecule has 0 spiro atoms. The van der Waals surface area contributed by atoms with Crippen LogP contribution >= 0.6 is 0 Å². The molecule has 7 heteroatoms. The highest BCUT2D eigenvalue weighted by atomic mass is 19.1. The molecule has 5 aromatic rings. The average molecular weight is 490 g/mol. The maximum Gasteiger partial charge on any atom is 0.225 e. The fourth-order valence-electron chi connectivity index (χ4n) is 4.76. The highest BCUT2D eigenvalue weighted by Gasteiger charge is 2.26. The van der Waals surface area contributed by atoms with Crippen molar-refractivity contribution in [3.8, 4) is 22.3 Å². The quantitative estimate of drug-likeness (QED) is 0.288. The monoisotopic (exact) mass is 489 g/mol. The standard InChI is InChI=1S/C30H24FN5O/c1-3-28(37)36-27-11-10-19(15-32-27)20-13-24-29(33-16-20)17(2)34-30(24)26-14-23-22(8-5-9-25(23)35-26)18-6-4-7-21(31)12-18/h4-17,35H,3H2,1-2H3,(H,32,36,37)/t17-/m0/s1.